The molecule has 2 aromatic rings. The van der Waals surface area contributed by atoms with Gasteiger partial charge in [0.25, 0.3) is 5.69 Å². The van der Waals surface area contributed by atoms with Crippen molar-refractivity contribution in [2.45, 2.75) is 44.9 Å². The van der Waals surface area contributed by atoms with Crippen LogP contribution in [0.25, 0.3) is 11.8 Å². The number of imidazole rings is 1. The van der Waals surface area contributed by atoms with Crippen molar-refractivity contribution in [2.24, 2.45) is 0 Å². The maximum atomic E-state index is 11.5. The lowest BCUT2D eigenvalue weighted by molar-refractivity contribution is -0.384. The third kappa shape index (κ3) is 3.66. The number of hydrogen-bond acceptors (Lipinski definition) is 4. The van der Waals surface area contributed by atoms with Crippen molar-refractivity contribution in [1.82, 2.24) is 9.55 Å². The molecule has 7 heteroatoms. The highest BCUT2D eigenvalue weighted by atomic mass is 16.6. The zero-order valence-corrected chi connectivity index (χ0v) is 14.6. The normalized spacial score (nSPS) is 15.8. The molecule has 0 radical (unpaired) electrons. The molecule has 1 aromatic heterocycles. The lowest BCUT2D eigenvalue weighted by atomic mass is 9.88. The molecule has 1 aliphatic carbocycles. The van der Waals surface area contributed by atoms with Crippen LogP contribution in [0.4, 0.5) is 5.69 Å². The highest BCUT2D eigenvalue weighted by molar-refractivity contribution is 5.91. The van der Waals surface area contributed by atoms with E-state index in [9.17, 15) is 14.9 Å². The van der Waals surface area contributed by atoms with Crippen LogP contribution in [-0.4, -0.2) is 25.6 Å². The number of aromatic nitrogens is 2. The molecule has 7 nitrogen and oxygen atoms in total. The van der Waals surface area contributed by atoms with E-state index >= 15 is 0 Å². The third-order valence-electron chi connectivity index (χ3n) is 4.82. The predicted molar refractivity (Wildman–Crippen MR) is 97.3 cm³/mol. The number of rotatable bonds is 5. The molecule has 1 aromatic carbocycles. The molecule has 0 aliphatic heterocycles. The number of nitro groups is 1. The SMILES string of the molecule is C/C(=C\c1ccc([N+](=O)[O-])c(-n2ccnc2C2CCCCC2)c1)C(=O)O. The summed E-state index contributed by atoms with van der Waals surface area (Å²) < 4.78 is 1.78. The molecule has 0 bridgehead atoms. The Labute approximate surface area is 151 Å². The van der Waals surface area contributed by atoms with Gasteiger partial charge in [-0.15, -0.1) is 0 Å². The summed E-state index contributed by atoms with van der Waals surface area (Å²) in [5.41, 5.74) is 1.17. The second-order valence-corrected chi connectivity index (χ2v) is 6.63. The summed E-state index contributed by atoms with van der Waals surface area (Å²) in [7, 11) is 0. The zero-order chi connectivity index (χ0) is 18.7. The smallest absolute Gasteiger partial charge is 0.331 e. The molecule has 1 heterocycles. The number of hydrogen-bond donors (Lipinski definition) is 1. The molecule has 1 fully saturated rings. The molecule has 136 valence electrons. The van der Waals surface area contributed by atoms with E-state index in [1.54, 1.807) is 29.1 Å². The molecular weight excluding hydrogens is 334 g/mol. The Balaban J connectivity index is 2.08. The van der Waals surface area contributed by atoms with Gasteiger partial charge in [0.1, 0.15) is 11.5 Å². The fourth-order valence-electron chi connectivity index (χ4n) is 3.47. The first-order valence-corrected chi connectivity index (χ1v) is 8.71. The van der Waals surface area contributed by atoms with Crippen molar-refractivity contribution in [3.05, 3.63) is 57.7 Å². The largest absolute Gasteiger partial charge is 0.478 e. The Kier molecular flexibility index (Phi) is 5.16. The van der Waals surface area contributed by atoms with Crippen LogP contribution in [0, 0.1) is 10.1 Å². The van der Waals surface area contributed by atoms with Crippen LogP contribution in [0.3, 0.4) is 0 Å². The Bertz CT molecular complexity index is 863. The lowest BCUT2D eigenvalue weighted by Crippen LogP contribution is -2.12. The monoisotopic (exact) mass is 355 g/mol. The lowest BCUT2D eigenvalue weighted by Gasteiger charge is -2.22. The highest BCUT2D eigenvalue weighted by Gasteiger charge is 2.24. The number of aliphatic carboxylic acids is 1. The van der Waals surface area contributed by atoms with Crippen LogP contribution >= 0.6 is 0 Å². The maximum absolute atomic E-state index is 11.5. The fraction of sp³-hybridized carbons (Fsp3) is 0.368. The van der Waals surface area contributed by atoms with Crippen LogP contribution in [0.1, 0.15) is 56.3 Å². The van der Waals surface area contributed by atoms with Gasteiger partial charge in [-0.3, -0.25) is 14.7 Å². The van der Waals surface area contributed by atoms with Gasteiger partial charge in [0, 0.05) is 30.0 Å². The third-order valence-corrected chi connectivity index (χ3v) is 4.82. The van der Waals surface area contributed by atoms with E-state index in [0.29, 0.717) is 17.2 Å². The Morgan fingerprint density at radius 1 is 1.35 bits per heavy atom. The summed E-state index contributed by atoms with van der Waals surface area (Å²) >= 11 is 0. The topological polar surface area (TPSA) is 98.3 Å². The van der Waals surface area contributed by atoms with Crippen LogP contribution in [0.5, 0.6) is 0 Å². The van der Waals surface area contributed by atoms with E-state index in [1.807, 2.05) is 0 Å². The minimum Gasteiger partial charge on any atom is -0.478 e. The summed E-state index contributed by atoms with van der Waals surface area (Å²) in [4.78, 5) is 26.6. The Morgan fingerprint density at radius 2 is 2.08 bits per heavy atom. The predicted octanol–water partition coefficient (Wildman–Crippen LogP) is 4.32. The Morgan fingerprint density at radius 3 is 2.73 bits per heavy atom. The second-order valence-electron chi connectivity index (χ2n) is 6.63. The number of nitro benzene ring substituents is 1. The second kappa shape index (κ2) is 7.51. The van der Waals surface area contributed by atoms with Gasteiger partial charge < -0.3 is 5.11 Å². The fourth-order valence-corrected chi connectivity index (χ4v) is 3.47. The van der Waals surface area contributed by atoms with Gasteiger partial charge >= 0.3 is 5.97 Å². The first kappa shape index (κ1) is 17.8. The molecule has 1 aliphatic rings. The van der Waals surface area contributed by atoms with Crippen molar-refractivity contribution in [2.75, 3.05) is 0 Å². The van der Waals surface area contributed by atoms with Crippen LogP contribution in [0.2, 0.25) is 0 Å². The van der Waals surface area contributed by atoms with Gasteiger partial charge in [-0.2, -0.15) is 0 Å². The van der Waals surface area contributed by atoms with Gasteiger partial charge in [-0.25, -0.2) is 9.78 Å². The Hall–Kier alpha value is -2.96. The molecule has 0 atom stereocenters. The van der Waals surface area contributed by atoms with E-state index in [2.05, 4.69) is 4.98 Å². The average Bonchev–Trinajstić information content (AvgIpc) is 3.11. The zero-order valence-electron chi connectivity index (χ0n) is 14.6. The quantitative estimate of drug-likeness (QED) is 0.489. The van der Waals surface area contributed by atoms with Crippen molar-refractivity contribution in [1.29, 1.82) is 0 Å². The van der Waals surface area contributed by atoms with Gasteiger partial charge in [0.2, 0.25) is 0 Å². The summed E-state index contributed by atoms with van der Waals surface area (Å²) in [6.45, 7) is 1.49. The first-order valence-electron chi connectivity index (χ1n) is 8.71. The van der Waals surface area contributed by atoms with Crippen LogP contribution < -0.4 is 0 Å². The molecule has 3 rings (SSSR count). The molecule has 0 spiro atoms. The van der Waals surface area contributed by atoms with E-state index in [0.717, 1.165) is 31.5 Å². The highest BCUT2D eigenvalue weighted by Crippen LogP contribution is 2.34. The number of carboxylic acids is 1. The molecule has 1 saturated carbocycles. The van der Waals surface area contributed by atoms with Crippen LogP contribution in [-0.2, 0) is 4.79 Å². The minimum absolute atomic E-state index is 0.0230. The summed E-state index contributed by atoms with van der Waals surface area (Å²) in [6, 6.07) is 4.63. The number of carboxylic acid groups (broad SMARTS) is 1. The van der Waals surface area contributed by atoms with E-state index in [4.69, 9.17) is 5.11 Å². The van der Waals surface area contributed by atoms with Gasteiger partial charge in [-0.05, 0) is 43.5 Å². The molecule has 26 heavy (non-hydrogen) atoms. The molecule has 0 unspecified atom stereocenters. The molecular formula is C19H21N3O4. The number of carbonyl (C=O) groups is 1. The summed E-state index contributed by atoms with van der Waals surface area (Å²) in [5, 5.41) is 20.6. The molecule has 1 N–H and O–H groups in total. The van der Waals surface area contributed by atoms with Crippen molar-refractivity contribution in [3.8, 4) is 5.69 Å². The number of benzene rings is 1. The van der Waals surface area contributed by atoms with Crippen molar-refractivity contribution >= 4 is 17.7 Å². The minimum atomic E-state index is -1.02. The average molecular weight is 355 g/mol. The summed E-state index contributed by atoms with van der Waals surface area (Å²) in [6.07, 6.45) is 10.5. The first-order chi connectivity index (χ1) is 12.5. The molecule has 0 saturated heterocycles. The van der Waals surface area contributed by atoms with Gasteiger partial charge in [0.15, 0.2) is 0 Å². The van der Waals surface area contributed by atoms with Crippen molar-refractivity contribution in [3.63, 3.8) is 0 Å². The van der Waals surface area contributed by atoms with Gasteiger partial charge in [0.05, 0.1) is 4.92 Å². The van der Waals surface area contributed by atoms with Crippen LogP contribution in [0.15, 0.2) is 36.2 Å². The van der Waals surface area contributed by atoms with E-state index in [1.165, 1.54) is 25.5 Å². The van der Waals surface area contributed by atoms with E-state index < -0.39 is 10.9 Å². The summed E-state index contributed by atoms with van der Waals surface area (Å²) in [5.74, 6) is 0.109. The maximum Gasteiger partial charge on any atom is 0.331 e. The van der Waals surface area contributed by atoms with Gasteiger partial charge in [-0.1, -0.05) is 19.3 Å². The standard InChI is InChI=1S/C19H21N3O4/c1-13(19(23)24)11-14-7-8-16(22(25)26)17(12-14)21-10-9-20-18(21)15-5-3-2-4-6-15/h7-12,15H,2-6H2,1H3,(H,23,24)/b13-11+. The van der Waals surface area contributed by atoms with Crippen molar-refractivity contribution < 1.29 is 14.8 Å². The van der Waals surface area contributed by atoms with E-state index in [-0.39, 0.29) is 11.3 Å². The number of nitrogens with zero attached hydrogens (tertiary/aromatic N) is 3. The molecule has 0 amide bonds.